The minimum Gasteiger partial charge on any atom is -0.508 e. The third kappa shape index (κ3) is 3.19. The highest BCUT2D eigenvalue weighted by atomic mass is 16.6. The molecule has 7 heteroatoms. The molecule has 0 unspecified atom stereocenters. The van der Waals surface area contributed by atoms with Crippen LogP contribution in [0, 0.1) is 5.92 Å². The molecule has 2 rings (SSSR count). The Morgan fingerprint density at radius 3 is 1.70 bits per heavy atom. The summed E-state index contributed by atoms with van der Waals surface area (Å²) in [6, 6.07) is 0. The Kier molecular flexibility index (Phi) is 4.99. The first-order valence-corrected chi connectivity index (χ1v) is 7.73. The van der Waals surface area contributed by atoms with Gasteiger partial charge in [-0.3, -0.25) is 0 Å². The molecule has 0 saturated heterocycles. The van der Waals surface area contributed by atoms with Gasteiger partial charge in [-0.2, -0.15) is 0 Å². The summed E-state index contributed by atoms with van der Waals surface area (Å²) in [7, 11) is 0. The second-order valence-corrected chi connectivity index (χ2v) is 5.88. The Labute approximate surface area is 134 Å². The van der Waals surface area contributed by atoms with Gasteiger partial charge in [0.15, 0.2) is 12.2 Å². The highest BCUT2D eigenvalue weighted by Gasteiger charge is 2.44. The number of cyclic esters (lactones) is 2. The average molecular weight is 326 g/mol. The molecule has 23 heavy (non-hydrogen) atoms. The van der Waals surface area contributed by atoms with Crippen LogP contribution in [0.5, 0.6) is 0 Å². The summed E-state index contributed by atoms with van der Waals surface area (Å²) in [6.07, 6.45) is -1.17. The van der Waals surface area contributed by atoms with Crippen molar-refractivity contribution in [3.05, 3.63) is 22.7 Å². The maximum Gasteiger partial charge on any atom is 0.338 e. The van der Waals surface area contributed by atoms with Gasteiger partial charge in [-0.15, -0.1) is 0 Å². The molecule has 0 fully saturated rings. The van der Waals surface area contributed by atoms with E-state index >= 15 is 0 Å². The van der Waals surface area contributed by atoms with Gasteiger partial charge in [0.25, 0.3) is 0 Å². The van der Waals surface area contributed by atoms with Crippen molar-refractivity contribution in [1.82, 2.24) is 0 Å². The molecule has 0 amide bonds. The molecule has 0 aromatic rings. The predicted molar refractivity (Wildman–Crippen MR) is 79.4 cm³/mol. The highest BCUT2D eigenvalue weighted by Crippen LogP contribution is 2.38. The molecule has 2 aliphatic rings. The number of aliphatic hydroxyl groups excluding tert-OH is 3. The van der Waals surface area contributed by atoms with Crippen molar-refractivity contribution in [3.63, 3.8) is 0 Å². The Bertz CT molecular complexity index is 531. The Balaban J connectivity index is 2.41. The van der Waals surface area contributed by atoms with Crippen LogP contribution >= 0.6 is 0 Å². The zero-order valence-electron chi connectivity index (χ0n) is 13.4. The fraction of sp³-hybridized carbons (Fsp3) is 0.625. The number of esters is 2. The predicted octanol–water partition coefficient (Wildman–Crippen LogP) is 1.67. The van der Waals surface area contributed by atoms with Crippen molar-refractivity contribution in [3.8, 4) is 0 Å². The van der Waals surface area contributed by atoms with Crippen molar-refractivity contribution >= 4 is 11.9 Å². The molecular formula is C16H22O7. The molecule has 128 valence electrons. The monoisotopic (exact) mass is 326 g/mol. The van der Waals surface area contributed by atoms with Crippen LogP contribution in [-0.4, -0.2) is 45.6 Å². The third-order valence-corrected chi connectivity index (χ3v) is 4.29. The van der Waals surface area contributed by atoms with Gasteiger partial charge in [-0.05, 0) is 33.1 Å². The largest absolute Gasteiger partial charge is 0.508 e. The molecule has 0 spiro atoms. The second kappa shape index (κ2) is 6.62. The maximum atomic E-state index is 12.0. The maximum absolute atomic E-state index is 12.0. The van der Waals surface area contributed by atoms with E-state index in [9.17, 15) is 24.9 Å². The van der Waals surface area contributed by atoms with Crippen molar-refractivity contribution in [2.75, 3.05) is 0 Å². The molecule has 3 atom stereocenters. The van der Waals surface area contributed by atoms with Gasteiger partial charge in [0.2, 0.25) is 0 Å². The van der Waals surface area contributed by atoms with E-state index in [1.165, 1.54) is 13.8 Å². The van der Waals surface area contributed by atoms with Crippen molar-refractivity contribution in [2.45, 2.75) is 58.3 Å². The lowest BCUT2D eigenvalue weighted by atomic mass is 9.84. The normalized spacial score (nSPS) is 26.1. The van der Waals surface area contributed by atoms with E-state index in [0.29, 0.717) is 12.8 Å². The van der Waals surface area contributed by atoms with Gasteiger partial charge in [0, 0.05) is 5.92 Å². The zero-order chi connectivity index (χ0) is 17.3. The summed E-state index contributed by atoms with van der Waals surface area (Å²) >= 11 is 0. The molecule has 0 saturated carbocycles. The SMILES string of the molecule is CC[C@H](O)CCC(C1=C(O)[C@@H](C)OC1=O)C1=C(O)[C@@H](C)OC1=O. The van der Waals surface area contributed by atoms with E-state index in [4.69, 9.17) is 9.47 Å². The Morgan fingerprint density at radius 2 is 1.39 bits per heavy atom. The summed E-state index contributed by atoms with van der Waals surface area (Å²) in [5.74, 6) is -2.82. The van der Waals surface area contributed by atoms with Crippen LogP contribution in [0.1, 0.15) is 40.0 Å². The Hall–Kier alpha value is -2.02. The number of ether oxygens (including phenoxy) is 2. The van der Waals surface area contributed by atoms with Crippen LogP contribution in [0.2, 0.25) is 0 Å². The molecule has 2 aliphatic heterocycles. The van der Waals surface area contributed by atoms with Gasteiger partial charge in [-0.1, -0.05) is 6.92 Å². The summed E-state index contributed by atoms with van der Waals surface area (Å²) in [4.78, 5) is 24.1. The van der Waals surface area contributed by atoms with Crippen LogP contribution in [0.3, 0.4) is 0 Å². The molecule has 0 aromatic heterocycles. The van der Waals surface area contributed by atoms with Gasteiger partial charge >= 0.3 is 11.9 Å². The minimum absolute atomic E-state index is 0.0478. The van der Waals surface area contributed by atoms with Gasteiger partial charge < -0.3 is 24.8 Å². The zero-order valence-corrected chi connectivity index (χ0v) is 13.4. The van der Waals surface area contributed by atoms with Gasteiger partial charge in [0.05, 0.1) is 17.3 Å². The van der Waals surface area contributed by atoms with E-state index < -0.39 is 36.2 Å². The summed E-state index contributed by atoms with van der Waals surface area (Å²) < 4.78 is 9.95. The van der Waals surface area contributed by atoms with Crippen molar-refractivity contribution < 1.29 is 34.4 Å². The lowest BCUT2D eigenvalue weighted by Crippen LogP contribution is -2.21. The number of hydrogen-bond donors (Lipinski definition) is 3. The molecule has 0 aromatic carbocycles. The first-order valence-electron chi connectivity index (χ1n) is 7.73. The first-order chi connectivity index (χ1) is 10.8. The van der Waals surface area contributed by atoms with E-state index in [1.807, 2.05) is 6.92 Å². The van der Waals surface area contributed by atoms with Crippen molar-refractivity contribution in [2.24, 2.45) is 5.92 Å². The van der Waals surface area contributed by atoms with Gasteiger partial charge in [-0.25, -0.2) is 9.59 Å². The van der Waals surface area contributed by atoms with Crippen LogP contribution < -0.4 is 0 Å². The lowest BCUT2D eigenvalue weighted by molar-refractivity contribution is -0.140. The number of carbonyl (C=O) groups excluding carboxylic acids is 2. The standard InChI is InChI=1S/C16H22O7/c1-4-9(17)5-6-10(11-13(18)7(2)22-15(11)20)12-14(19)8(3)23-16(12)21/h7-10,17-19H,4-6H2,1-3H3/t7-,8-,9+/m1/s1. The fourth-order valence-corrected chi connectivity index (χ4v) is 2.84. The smallest absolute Gasteiger partial charge is 0.338 e. The average Bonchev–Trinajstić information content (AvgIpc) is 2.89. The van der Waals surface area contributed by atoms with Crippen molar-refractivity contribution in [1.29, 1.82) is 0 Å². The topological polar surface area (TPSA) is 113 Å². The molecular weight excluding hydrogens is 304 g/mol. The molecule has 0 aliphatic carbocycles. The molecule has 3 N–H and O–H groups in total. The van der Waals surface area contributed by atoms with Crippen LogP contribution in [-0.2, 0) is 19.1 Å². The van der Waals surface area contributed by atoms with E-state index in [0.717, 1.165) is 0 Å². The van der Waals surface area contributed by atoms with E-state index in [1.54, 1.807) is 0 Å². The van der Waals surface area contributed by atoms with Gasteiger partial charge in [0.1, 0.15) is 11.5 Å². The fourth-order valence-electron chi connectivity index (χ4n) is 2.84. The number of hydrogen-bond acceptors (Lipinski definition) is 7. The quantitative estimate of drug-likeness (QED) is 0.636. The van der Waals surface area contributed by atoms with E-state index in [2.05, 4.69) is 0 Å². The Morgan fingerprint density at radius 1 is 0.957 bits per heavy atom. The van der Waals surface area contributed by atoms with Crippen LogP contribution in [0.15, 0.2) is 22.7 Å². The first kappa shape index (κ1) is 17.3. The third-order valence-electron chi connectivity index (χ3n) is 4.29. The molecule has 7 nitrogen and oxygen atoms in total. The lowest BCUT2D eigenvalue weighted by Gasteiger charge is -2.18. The van der Waals surface area contributed by atoms with Crippen LogP contribution in [0.4, 0.5) is 0 Å². The number of carbonyl (C=O) groups is 2. The molecule has 2 heterocycles. The highest BCUT2D eigenvalue weighted by molar-refractivity contribution is 5.99. The summed E-state index contributed by atoms with van der Waals surface area (Å²) in [5.41, 5.74) is -0.0955. The number of rotatable bonds is 6. The van der Waals surface area contributed by atoms with Crippen LogP contribution in [0.25, 0.3) is 0 Å². The minimum atomic E-state index is -0.869. The molecule has 0 radical (unpaired) electrons. The summed E-state index contributed by atoms with van der Waals surface area (Å²) in [5, 5.41) is 30.0. The second-order valence-electron chi connectivity index (χ2n) is 5.88. The number of aliphatic hydroxyl groups is 3. The van der Waals surface area contributed by atoms with E-state index in [-0.39, 0.29) is 29.1 Å². The molecule has 0 bridgehead atoms. The summed E-state index contributed by atoms with van der Waals surface area (Å²) in [6.45, 7) is 4.84.